The molecule has 0 aliphatic heterocycles. The van der Waals surface area contributed by atoms with Crippen LogP contribution in [0.5, 0.6) is 0 Å². The van der Waals surface area contributed by atoms with Gasteiger partial charge in [-0.25, -0.2) is 9.18 Å². The maximum Gasteiger partial charge on any atom is 0.408 e. The molecule has 39 heavy (non-hydrogen) atoms. The maximum atomic E-state index is 14.2. The molecule has 1 aromatic heterocycles. The highest BCUT2D eigenvalue weighted by molar-refractivity contribution is 9.10. The average Bonchev–Trinajstić information content (AvgIpc) is 2.85. The summed E-state index contributed by atoms with van der Waals surface area (Å²) < 4.78 is 24.3. The number of benzene rings is 1. The van der Waals surface area contributed by atoms with Crippen LogP contribution in [0.15, 0.2) is 34.8 Å². The van der Waals surface area contributed by atoms with Crippen LogP contribution < -0.4 is 10.6 Å². The van der Waals surface area contributed by atoms with E-state index in [0.29, 0.717) is 4.47 Å². The predicted molar refractivity (Wildman–Crippen MR) is 140 cm³/mol. The lowest BCUT2D eigenvalue weighted by Gasteiger charge is -2.23. The third kappa shape index (κ3) is 10.0. The van der Waals surface area contributed by atoms with Gasteiger partial charge in [0, 0.05) is 40.7 Å². The van der Waals surface area contributed by atoms with Crippen molar-refractivity contribution >= 4 is 45.4 Å². The molecule has 1 heterocycles. The summed E-state index contributed by atoms with van der Waals surface area (Å²) in [5.74, 6) is -2.61. The first-order valence-electron chi connectivity index (χ1n) is 11.7. The van der Waals surface area contributed by atoms with Crippen molar-refractivity contribution < 1.29 is 38.0 Å². The molecule has 0 bridgehead atoms. The monoisotopic (exact) mass is 610 g/mol. The Morgan fingerprint density at radius 1 is 1.18 bits per heavy atom. The fourth-order valence-electron chi connectivity index (χ4n) is 3.24. The summed E-state index contributed by atoms with van der Waals surface area (Å²) in [5.41, 5.74) is -0.996. The number of nitro groups is 1. The van der Waals surface area contributed by atoms with Crippen molar-refractivity contribution in [3.8, 4) is 0 Å². The van der Waals surface area contributed by atoms with Crippen molar-refractivity contribution in [2.24, 2.45) is 0 Å². The van der Waals surface area contributed by atoms with E-state index in [1.165, 1.54) is 25.3 Å². The zero-order valence-corrected chi connectivity index (χ0v) is 23.3. The second-order valence-corrected chi connectivity index (χ2v) is 10.1. The molecule has 1 unspecified atom stereocenters. The Hall–Kier alpha value is -3.94. The molecule has 2 N–H and O–H groups in total. The number of alkyl carbamates (subject to hydrolysis) is 1. The summed E-state index contributed by atoms with van der Waals surface area (Å²) in [5, 5.41) is 15.9. The quantitative estimate of drug-likeness (QED) is 0.168. The molecule has 1 aromatic carbocycles. The molecular formula is C25H28BrFN4O8. The molecule has 2 rings (SSSR count). The van der Waals surface area contributed by atoms with Crippen LogP contribution in [0, 0.1) is 15.9 Å². The molecule has 210 valence electrons. The van der Waals surface area contributed by atoms with Crippen LogP contribution >= 0.6 is 15.9 Å². The smallest absolute Gasteiger partial charge is 0.408 e. The number of Topliss-reactive ketones (excluding diaryl/α,β-unsaturated/α-hetero) is 1. The molecule has 0 fully saturated rings. The SMILES string of the molecule is COC(=O)CCc1nc(CC(NC(=O)OC(C)(C)C)C(=O)NCC(=O)c2cc([N+](=O)[O-])ccc2Br)ccc1F. The molecular weight excluding hydrogens is 583 g/mol. The number of hydrogen-bond donors (Lipinski definition) is 2. The molecule has 0 aliphatic carbocycles. The minimum Gasteiger partial charge on any atom is -0.469 e. The Kier molecular flexibility index (Phi) is 11.0. The van der Waals surface area contributed by atoms with Crippen molar-refractivity contribution in [1.29, 1.82) is 0 Å². The van der Waals surface area contributed by atoms with Gasteiger partial charge in [0.15, 0.2) is 5.78 Å². The molecule has 14 heteroatoms. The van der Waals surface area contributed by atoms with Crippen LogP contribution in [-0.2, 0) is 31.9 Å². The molecule has 2 amide bonds. The van der Waals surface area contributed by atoms with E-state index in [9.17, 15) is 33.7 Å². The lowest BCUT2D eigenvalue weighted by molar-refractivity contribution is -0.384. The third-order valence-corrected chi connectivity index (χ3v) is 5.77. The number of hydrogen-bond acceptors (Lipinski definition) is 9. The van der Waals surface area contributed by atoms with Gasteiger partial charge in [0.2, 0.25) is 5.91 Å². The van der Waals surface area contributed by atoms with Crippen molar-refractivity contribution in [2.75, 3.05) is 13.7 Å². The molecule has 0 radical (unpaired) electrons. The fraction of sp³-hybridized carbons (Fsp3) is 0.400. The van der Waals surface area contributed by atoms with Gasteiger partial charge in [-0.1, -0.05) is 15.9 Å². The van der Waals surface area contributed by atoms with Gasteiger partial charge < -0.3 is 20.1 Å². The number of carbonyl (C=O) groups is 4. The largest absolute Gasteiger partial charge is 0.469 e. The zero-order valence-electron chi connectivity index (χ0n) is 21.7. The Morgan fingerprint density at radius 3 is 2.49 bits per heavy atom. The molecule has 0 spiro atoms. The number of aryl methyl sites for hydroxylation is 1. The summed E-state index contributed by atoms with van der Waals surface area (Å²) in [6.45, 7) is 4.36. The number of ether oxygens (including phenoxy) is 2. The molecule has 0 aliphatic rings. The van der Waals surface area contributed by atoms with E-state index in [2.05, 4.69) is 36.3 Å². The highest BCUT2D eigenvalue weighted by atomic mass is 79.9. The highest BCUT2D eigenvalue weighted by Gasteiger charge is 2.26. The van der Waals surface area contributed by atoms with Crippen molar-refractivity contribution in [2.45, 2.75) is 51.7 Å². The molecule has 12 nitrogen and oxygen atoms in total. The summed E-state index contributed by atoms with van der Waals surface area (Å²) >= 11 is 3.16. The standard InChI is InChI=1S/C25H28BrFN4O8/c1-25(2,3)39-24(35)30-20(11-14-5-8-18(27)19(29-14)9-10-22(33)38-4)23(34)28-13-21(32)16-12-15(31(36)37)6-7-17(16)26/h5-8,12,20H,9-11,13H2,1-4H3,(H,28,34)(H,30,35). The van der Waals surface area contributed by atoms with Crippen molar-refractivity contribution in [3.05, 3.63) is 67.7 Å². The van der Waals surface area contributed by atoms with Gasteiger partial charge >= 0.3 is 12.1 Å². The van der Waals surface area contributed by atoms with E-state index in [1.54, 1.807) is 20.8 Å². The van der Waals surface area contributed by atoms with Gasteiger partial charge in [-0.05, 0) is 39.0 Å². The van der Waals surface area contributed by atoms with Crippen molar-refractivity contribution in [1.82, 2.24) is 15.6 Å². The molecule has 0 saturated carbocycles. The number of halogens is 2. The Balaban J connectivity index is 2.22. The van der Waals surface area contributed by atoms with E-state index in [1.807, 2.05) is 0 Å². The van der Waals surface area contributed by atoms with Gasteiger partial charge in [0.25, 0.3) is 5.69 Å². The van der Waals surface area contributed by atoms with E-state index in [-0.39, 0.29) is 41.9 Å². The second kappa shape index (κ2) is 13.7. The summed E-state index contributed by atoms with van der Waals surface area (Å²) in [6, 6.07) is 4.80. The number of esters is 1. The van der Waals surface area contributed by atoms with Crippen LogP contribution in [-0.4, -0.2) is 59.0 Å². The number of amides is 2. The maximum absolute atomic E-state index is 14.2. The average molecular weight is 611 g/mol. The van der Waals surface area contributed by atoms with Crippen molar-refractivity contribution in [3.63, 3.8) is 0 Å². The normalized spacial score (nSPS) is 11.7. The minimum atomic E-state index is -1.28. The predicted octanol–water partition coefficient (Wildman–Crippen LogP) is 3.43. The number of carbonyl (C=O) groups excluding carboxylic acids is 4. The zero-order chi connectivity index (χ0) is 29.3. The van der Waals surface area contributed by atoms with E-state index in [0.717, 1.165) is 12.1 Å². The van der Waals surface area contributed by atoms with Crippen LogP contribution in [0.25, 0.3) is 0 Å². The third-order valence-electron chi connectivity index (χ3n) is 5.07. The van der Waals surface area contributed by atoms with Gasteiger partial charge in [-0.3, -0.25) is 29.5 Å². The number of non-ortho nitro benzene ring substituents is 1. The van der Waals surface area contributed by atoms with Crippen LogP contribution in [0.4, 0.5) is 14.9 Å². The van der Waals surface area contributed by atoms with E-state index >= 15 is 0 Å². The lowest BCUT2D eigenvalue weighted by atomic mass is 10.1. The number of aromatic nitrogens is 1. The number of rotatable bonds is 11. The second-order valence-electron chi connectivity index (χ2n) is 9.27. The Labute approximate surface area is 231 Å². The Morgan fingerprint density at radius 2 is 1.87 bits per heavy atom. The summed E-state index contributed by atoms with van der Waals surface area (Å²) in [4.78, 5) is 64.2. The fourth-order valence-corrected chi connectivity index (χ4v) is 3.70. The van der Waals surface area contributed by atoms with Crippen LogP contribution in [0.1, 0.15) is 48.9 Å². The van der Waals surface area contributed by atoms with Crippen LogP contribution in [0.3, 0.4) is 0 Å². The topological polar surface area (TPSA) is 167 Å². The molecule has 2 aromatic rings. The number of nitrogens with one attached hydrogen (secondary N) is 2. The minimum absolute atomic E-state index is 0.0170. The highest BCUT2D eigenvalue weighted by Crippen LogP contribution is 2.23. The number of methoxy groups -OCH3 is 1. The van der Waals surface area contributed by atoms with E-state index in [4.69, 9.17) is 4.74 Å². The lowest BCUT2D eigenvalue weighted by Crippen LogP contribution is -2.50. The van der Waals surface area contributed by atoms with Gasteiger partial charge in [0.1, 0.15) is 17.5 Å². The number of nitrogens with zero attached hydrogens (tertiary/aromatic N) is 2. The number of ketones is 1. The number of nitro benzene ring substituents is 1. The number of pyridine rings is 1. The molecule has 0 saturated heterocycles. The summed E-state index contributed by atoms with van der Waals surface area (Å²) in [7, 11) is 1.20. The first-order valence-corrected chi connectivity index (χ1v) is 12.4. The molecule has 1 atom stereocenters. The summed E-state index contributed by atoms with van der Waals surface area (Å²) in [6.07, 6.45) is -1.27. The van der Waals surface area contributed by atoms with Gasteiger partial charge in [-0.15, -0.1) is 0 Å². The van der Waals surface area contributed by atoms with Crippen LogP contribution in [0.2, 0.25) is 0 Å². The first kappa shape index (κ1) is 31.3. The van der Waals surface area contributed by atoms with Gasteiger partial charge in [0.05, 0.1) is 30.7 Å². The van der Waals surface area contributed by atoms with E-state index < -0.39 is 52.7 Å². The first-order chi connectivity index (χ1) is 18.2. The van der Waals surface area contributed by atoms with Gasteiger partial charge in [-0.2, -0.15) is 0 Å². The Bertz CT molecular complexity index is 1270.